The fraction of sp³-hybridized carbons (Fsp3) is 1.00. The molecule has 0 saturated heterocycles. The van der Waals surface area contributed by atoms with Gasteiger partial charge in [-0.15, -0.1) is 0 Å². The van der Waals surface area contributed by atoms with Gasteiger partial charge in [0.2, 0.25) is 0 Å². The molecular weight excluding hydrogens is 188 g/mol. The third kappa shape index (κ3) is 2.58. The molecule has 10 heavy (non-hydrogen) atoms. The summed E-state index contributed by atoms with van der Waals surface area (Å²) >= 11 is 0. The number of aliphatic hydroxyl groups excluding tert-OH is 1. The van der Waals surface area contributed by atoms with Crippen molar-refractivity contribution in [2.75, 3.05) is 0 Å². The summed E-state index contributed by atoms with van der Waals surface area (Å²) in [4.78, 5) is 0. The number of rotatable bonds is 2. The highest BCUT2D eigenvalue weighted by Crippen LogP contribution is 2.00. The quantitative estimate of drug-likeness (QED) is 0.433. The van der Waals surface area contributed by atoms with Crippen LogP contribution in [0.15, 0.2) is 0 Å². The average Bonchev–Trinajstić information content (AvgIpc) is 1.59. The summed E-state index contributed by atoms with van der Waals surface area (Å²) in [6.07, 6.45) is 0. The second-order valence-electron chi connectivity index (χ2n) is 1.34. The first-order chi connectivity index (χ1) is 4.15. The van der Waals surface area contributed by atoms with Crippen molar-refractivity contribution >= 4 is 20.2 Å². The van der Waals surface area contributed by atoms with Gasteiger partial charge in [0.05, 0.1) is 0 Å². The zero-order chi connectivity index (χ0) is 8.58. The fourth-order valence-corrected chi connectivity index (χ4v) is 1.38. The molecule has 0 aliphatic heterocycles. The van der Waals surface area contributed by atoms with E-state index >= 15 is 0 Å². The van der Waals surface area contributed by atoms with Gasteiger partial charge in [0, 0.05) is 0 Å². The van der Waals surface area contributed by atoms with E-state index in [4.69, 9.17) is 14.2 Å². The first-order valence-electron chi connectivity index (χ1n) is 1.76. The van der Waals surface area contributed by atoms with Crippen LogP contribution in [0.4, 0.5) is 0 Å². The molecule has 9 heteroatoms. The SMILES string of the molecule is O=S(=O)(O)C(O)S(=O)(=O)O. The van der Waals surface area contributed by atoms with Crippen molar-refractivity contribution in [1.29, 1.82) is 0 Å². The third-order valence-electron chi connectivity index (χ3n) is 0.510. The normalized spacial score (nSPS) is 14.0. The van der Waals surface area contributed by atoms with E-state index in [0.717, 1.165) is 0 Å². The van der Waals surface area contributed by atoms with Gasteiger partial charge in [0.1, 0.15) is 0 Å². The Labute approximate surface area is 56.8 Å². The lowest BCUT2D eigenvalue weighted by atomic mass is 11.7. The predicted molar refractivity (Wildman–Crippen MR) is 29.1 cm³/mol. The van der Waals surface area contributed by atoms with Crippen LogP contribution in [0, 0.1) is 0 Å². The van der Waals surface area contributed by atoms with Gasteiger partial charge in [-0.05, 0) is 0 Å². The minimum absolute atomic E-state index is 3.18. The van der Waals surface area contributed by atoms with E-state index in [2.05, 4.69) is 0 Å². The first-order valence-corrected chi connectivity index (χ1v) is 4.77. The highest BCUT2D eigenvalue weighted by molar-refractivity contribution is 8.03. The van der Waals surface area contributed by atoms with E-state index in [1.807, 2.05) is 0 Å². The molecule has 62 valence electrons. The van der Waals surface area contributed by atoms with Crippen LogP contribution in [0.2, 0.25) is 0 Å². The summed E-state index contributed by atoms with van der Waals surface area (Å²) in [5, 5.41) is 8.05. The number of aliphatic hydroxyl groups is 1. The summed E-state index contributed by atoms with van der Waals surface area (Å²) in [6.45, 7) is 0. The monoisotopic (exact) mass is 192 g/mol. The lowest BCUT2D eigenvalue weighted by Crippen LogP contribution is -2.28. The van der Waals surface area contributed by atoms with Crippen molar-refractivity contribution in [3.8, 4) is 0 Å². The van der Waals surface area contributed by atoms with Crippen molar-refractivity contribution in [2.45, 2.75) is 4.77 Å². The Bertz CT molecular complexity index is 260. The summed E-state index contributed by atoms with van der Waals surface area (Å²) in [5.41, 5.74) is 0. The molecule has 0 fully saturated rings. The zero-order valence-corrected chi connectivity index (χ0v) is 6.00. The molecule has 0 amide bonds. The second kappa shape index (κ2) is 2.43. The Kier molecular flexibility index (Phi) is 2.38. The summed E-state index contributed by atoms with van der Waals surface area (Å²) in [7, 11) is -10.3. The summed E-state index contributed by atoms with van der Waals surface area (Å²) in [5.74, 6) is 0. The van der Waals surface area contributed by atoms with Crippen LogP contribution in [-0.4, -0.2) is 35.8 Å². The Morgan fingerprint density at radius 1 is 0.900 bits per heavy atom. The Hall–Kier alpha value is -0.220. The average molecular weight is 192 g/mol. The molecule has 0 spiro atoms. The molecule has 0 heterocycles. The molecule has 7 nitrogen and oxygen atoms in total. The van der Waals surface area contributed by atoms with Crippen LogP contribution >= 0.6 is 0 Å². The van der Waals surface area contributed by atoms with E-state index in [-0.39, 0.29) is 0 Å². The van der Waals surface area contributed by atoms with Gasteiger partial charge < -0.3 is 5.11 Å². The molecule has 0 aromatic heterocycles. The minimum Gasteiger partial charge on any atom is -0.361 e. The fourth-order valence-electron chi connectivity index (χ4n) is 0.154. The molecule has 0 aliphatic rings. The summed E-state index contributed by atoms with van der Waals surface area (Å²) < 4.78 is 51.4. The summed E-state index contributed by atoms with van der Waals surface area (Å²) in [6, 6.07) is 0. The maximum Gasteiger partial charge on any atom is 0.309 e. The van der Waals surface area contributed by atoms with E-state index < -0.39 is 25.0 Å². The molecule has 0 bridgehead atoms. The van der Waals surface area contributed by atoms with Crippen molar-refractivity contribution < 1.29 is 31.0 Å². The molecule has 0 radical (unpaired) electrons. The Morgan fingerprint density at radius 3 is 1.10 bits per heavy atom. The predicted octanol–water partition coefficient (Wildman–Crippen LogP) is -1.96. The topological polar surface area (TPSA) is 129 Å². The Balaban J connectivity index is 4.94. The lowest BCUT2D eigenvalue weighted by molar-refractivity contribution is 0.279. The van der Waals surface area contributed by atoms with Crippen molar-refractivity contribution in [3.63, 3.8) is 0 Å². The Morgan fingerprint density at radius 2 is 1.10 bits per heavy atom. The van der Waals surface area contributed by atoms with Crippen LogP contribution < -0.4 is 0 Å². The first kappa shape index (κ1) is 9.78. The molecule has 0 aliphatic carbocycles. The van der Waals surface area contributed by atoms with Crippen LogP contribution in [-0.2, 0) is 20.2 Å². The van der Waals surface area contributed by atoms with Gasteiger partial charge in [0.25, 0.3) is 0 Å². The number of hydrogen-bond donors (Lipinski definition) is 3. The van der Waals surface area contributed by atoms with Gasteiger partial charge in [-0.2, -0.15) is 16.8 Å². The largest absolute Gasteiger partial charge is 0.361 e. The van der Waals surface area contributed by atoms with E-state index in [1.54, 1.807) is 0 Å². The molecule has 3 N–H and O–H groups in total. The van der Waals surface area contributed by atoms with E-state index in [9.17, 15) is 16.8 Å². The number of hydrogen-bond acceptors (Lipinski definition) is 5. The lowest BCUT2D eigenvalue weighted by Gasteiger charge is -2.00. The molecular formula is CH4O7S2. The molecule has 0 saturated carbocycles. The molecule has 0 rings (SSSR count). The van der Waals surface area contributed by atoms with Crippen LogP contribution in [0.3, 0.4) is 0 Å². The van der Waals surface area contributed by atoms with Crippen molar-refractivity contribution in [1.82, 2.24) is 0 Å². The van der Waals surface area contributed by atoms with Crippen LogP contribution in [0.5, 0.6) is 0 Å². The highest BCUT2D eigenvalue weighted by atomic mass is 32.3. The van der Waals surface area contributed by atoms with Crippen molar-refractivity contribution in [2.24, 2.45) is 0 Å². The van der Waals surface area contributed by atoms with E-state index in [0.29, 0.717) is 0 Å². The maximum atomic E-state index is 9.74. The van der Waals surface area contributed by atoms with Crippen LogP contribution in [0.25, 0.3) is 0 Å². The third-order valence-corrected chi connectivity index (χ3v) is 2.99. The zero-order valence-electron chi connectivity index (χ0n) is 4.37. The standard InChI is InChI=1S/CH4O7S2/c2-1(9(3,4)5)10(6,7)8/h1-2H,(H,3,4,5)(H,6,7,8). The van der Waals surface area contributed by atoms with Crippen LogP contribution in [0.1, 0.15) is 0 Å². The van der Waals surface area contributed by atoms with Gasteiger partial charge in [0.15, 0.2) is 0 Å². The van der Waals surface area contributed by atoms with Gasteiger partial charge >= 0.3 is 25.0 Å². The molecule has 0 atom stereocenters. The van der Waals surface area contributed by atoms with Gasteiger partial charge in [-0.25, -0.2) is 0 Å². The smallest absolute Gasteiger partial charge is 0.309 e. The minimum atomic E-state index is -5.14. The van der Waals surface area contributed by atoms with Crippen molar-refractivity contribution in [3.05, 3.63) is 0 Å². The molecule has 0 aromatic rings. The van der Waals surface area contributed by atoms with Gasteiger partial charge in [-0.3, -0.25) is 9.11 Å². The van der Waals surface area contributed by atoms with Gasteiger partial charge in [-0.1, -0.05) is 0 Å². The highest BCUT2D eigenvalue weighted by Gasteiger charge is 2.32. The molecule has 0 aromatic carbocycles. The van der Waals surface area contributed by atoms with E-state index in [1.165, 1.54) is 0 Å². The second-order valence-corrected chi connectivity index (χ2v) is 4.59. The maximum absolute atomic E-state index is 9.74. The molecule has 0 unspecified atom stereocenters.